The Hall–Kier alpha value is -3.45. The molecule has 0 saturated carbocycles. The van der Waals surface area contributed by atoms with Crippen LogP contribution in [-0.4, -0.2) is 75.0 Å². The molecule has 3 rings (SSSR count). The third-order valence-electron chi connectivity index (χ3n) is 5.36. The molecule has 0 bridgehead atoms. The lowest BCUT2D eigenvalue weighted by Crippen LogP contribution is -2.65. The van der Waals surface area contributed by atoms with Gasteiger partial charge in [0, 0.05) is 39.8 Å². The van der Waals surface area contributed by atoms with E-state index in [1.807, 2.05) is 41.8 Å². The van der Waals surface area contributed by atoms with Gasteiger partial charge in [0.15, 0.2) is 23.2 Å². The van der Waals surface area contributed by atoms with Crippen LogP contribution in [-0.2, 0) is 44.7 Å². The quantitative estimate of drug-likeness (QED) is 0.370. The molecule has 37 heavy (non-hydrogen) atoms. The van der Waals surface area contributed by atoms with Crippen molar-refractivity contribution in [3.63, 3.8) is 0 Å². The summed E-state index contributed by atoms with van der Waals surface area (Å²) >= 11 is 1.15. The lowest BCUT2D eigenvalue weighted by Gasteiger charge is -2.44. The van der Waals surface area contributed by atoms with Gasteiger partial charge < -0.3 is 28.8 Å². The highest BCUT2D eigenvalue weighted by Crippen LogP contribution is 2.36. The van der Waals surface area contributed by atoms with Gasteiger partial charge >= 0.3 is 17.9 Å². The van der Waals surface area contributed by atoms with Gasteiger partial charge in [0.2, 0.25) is 5.91 Å². The summed E-state index contributed by atoms with van der Waals surface area (Å²) in [4.78, 5) is 47.6. The normalized spacial score (nSPS) is 23.1. The number of esters is 3. The van der Waals surface area contributed by atoms with E-state index >= 15 is 0 Å². The molecule has 5 atom stereocenters. The van der Waals surface area contributed by atoms with Crippen molar-refractivity contribution >= 4 is 35.6 Å². The number of ether oxygens (including phenoxy) is 4. The van der Waals surface area contributed by atoms with E-state index in [2.05, 4.69) is 15.5 Å². The number of nitrogens with zero attached hydrogens (tertiary/aromatic N) is 3. The molecule has 1 N–H and O–H groups in total. The first-order chi connectivity index (χ1) is 17.6. The number of hydrogen-bond acceptors (Lipinski definition) is 11. The van der Waals surface area contributed by atoms with Crippen LogP contribution in [0.1, 0.15) is 34.6 Å². The number of benzene rings is 1. The number of thioether (sulfide) groups is 1. The first-order valence-corrected chi connectivity index (χ1v) is 12.5. The van der Waals surface area contributed by atoms with E-state index < -0.39 is 53.6 Å². The molecule has 0 spiro atoms. The topological polar surface area (TPSA) is 148 Å². The zero-order valence-corrected chi connectivity index (χ0v) is 22.0. The minimum atomic E-state index is -1.15. The number of carbonyl (C=O) groups excluding carboxylic acids is 4. The van der Waals surface area contributed by atoms with Gasteiger partial charge in [0.25, 0.3) is 0 Å². The van der Waals surface area contributed by atoms with E-state index in [1.165, 1.54) is 27.7 Å². The molecule has 1 aromatic heterocycles. The van der Waals surface area contributed by atoms with Gasteiger partial charge in [-0.25, -0.2) is 0 Å². The maximum atomic E-state index is 12.2. The van der Waals surface area contributed by atoms with E-state index in [-0.39, 0.29) is 6.61 Å². The van der Waals surface area contributed by atoms with Crippen LogP contribution in [0, 0.1) is 0 Å². The van der Waals surface area contributed by atoms with Crippen molar-refractivity contribution in [1.29, 1.82) is 0 Å². The van der Waals surface area contributed by atoms with Gasteiger partial charge in [-0.3, -0.25) is 19.2 Å². The van der Waals surface area contributed by atoms with E-state index in [0.29, 0.717) is 17.5 Å². The Kier molecular flexibility index (Phi) is 9.64. The van der Waals surface area contributed by atoms with Crippen LogP contribution in [0.25, 0.3) is 11.4 Å². The van der Waals surface area contributed by atoms with Crippen molar-refractivity contribution in [1.82, 2.24) is 20.1 Å². The number of rotatable bonds is 9. The molecule has 1 aliphatic heterocycles. The van der Waals surface area contributed by atoms with Crippen molar-refractivity contribution in [2.75, 3.05) is 6.61 Å². The number of hydrogen-bond donors (Lipinski definition) is 1. The summed E-state index contributed by atoms with van der Waals surface area (Å²) in [5.74, 6) is -1.66. The average Bonchev–Trinajstić information content (AvgIpc) is 3.23. The Morgan fingerprint density at radius 2 is 1.62 bits per heavy atom. The highest BCUT2D eigenvalue weighted by atomic mass is 32.2. The second-order valence-electron chi connectivity index (χ2n) is 8.25. The Balaban J connectivity index is 2.02. The predicted octanol–water partition coefficient (Wildman–Crippen LogP) is 1.71. The molecule has 1 amide bonds. The predicted molar refractivity (Wildman–Crippen MR) is 131 cm³/mol. The summed E-state index contributed by atoms with van der Waals surface area (Å²) in [5, 5.41) is 11.9. The van der Waals surface area contributed by atoms with Crippen LogP contribution in [0.5, 0.6) is 0 Å². The van der Waals surface area contributed by atoms with Gasteiger partial charge in [0.05, 0.1) is 0 Å². The molecule has 0 unspecified atom stereocenters. The molecule has 1 fully saturated rings. The molecule has 1 saturated heterocycles. The zero-order valence-electron chi connectivity index (χ0n) is 21.2. The molecule has 200 valence electrons. The van der Waals surface area contributed by atoms with Crippen LogP contribution < -0.4 is 5.32 Å². The Labute approximate surface area is 218 Å². The molecule has 12 nitrogen and oxygen atoms in total. The SMILES string of the molecule is CCn1c(S[C@@H]2O[C@H](COC(C)=O)[C@H](OC(C)=O)[C@H](OC(C)=O)[C@@H]2NC(C)=O)nnc1-c1ccccc1. The van der Waals surface area contributed by atoms with E-state index in [4.69, 9.17) is 18.9 Å². The summed E-state index contributed by atoms with van der Waals surface area (Å²) < 4.78 is 24.2. The standard InChI is InChI=1S/C24H30N4O8S/c1-6-28-22(17-10-8-7-9-11-17)26-27-24(28)37-23-19(25-13(2)29)21(35-16(5)32)20(34-15(4)31)18(36-23)12-33-14(3)30/h7-11,18-21,23H,6,12H2,1-5H3,(H,25,29)/t18-,19+,20+,21-,23+/m1/s1. The molecule has 13 heteroatoms. The number of carbonyl (C=O) groups is 4. The molecule has 1 aliphatic rings. The minimum absolute atomic E-state index is 0.273. The van der Waals surface area contributed by atoms with Gasteiger partial charge in [-0.1, -0.05) is 42.1 Å². The first kappa shape index (κ1) is 28.1. The second-order valence-corrected chi connectivity index (χ2v) is 9.32. The van der Waals surface area contributed by atoms with Crippen molar-refractivity contribution in [2.45, 2.75) is 76.1 Å². The molecule has 0 radical (unpaired) electrons. The van der Waals surface area contributed by atoms with Crippen molar-refractivity contribution in [2.24, 2.45) is 0 Å². The fourth-order valence-electron chi connectivity index (χ4n) is 3.96. The van der Waals surface area contributed by atoms with Gasteiger partial charge in [0.1, 0.15) is 24.2 Å². The largest absolute Gasteiger partial charge is 0.463 e. The third-order valence-corrected chi connectivity index (χ3v) is 6.51. The Bertz CT molecular complexity index is 1130. The molecule has 2 aromatic rings. The van der Waals surface area contributed by atoms with Gasteiger partial charge in [-0.2, -0.15) is 0 Å². The summed E-state index contributed by atoms with van der Waals surface area (Å²) in [6, 6.07) is 8.58. The van der Waals surface area contributed by atoms with Crippen molar-refractivity contribution in [3.8, 4) is 11.4 Å². The number of nitrogens with one attached hydrogen (secondary N) is 1. The van der Waals surface area contributed by atoms with Gasteiger partial charge in [-0.05, 0) is 6.92 Å². The fraction of sp³-hybridized carbons (Fsp3) is 0.500. The van der Waals surface area contributed by atoms with Crippen LogP contribution in [0.15, 0.2) is 35.5 Å². The zero-order chi connectivity index (χ0) is 27.1. The van der Waals surface area contributed by atoms with Crippen LogP contribution in [0.4, 0.5) is 0 Å². The number of amides is 1. The van der Waals surface area contributed by atoms with Crippen molar-refractivity contribution in [3.05, 3.63) is 30.3 Å². The fourth-order valence-corrected chi connectivity index (χ4v) is 5.16. The molecule has 0 aliphatic carbocycles. The monoisotopic (exact) mass is 534 g/mol. The summed E-state index contributed by atoms with van der Waals surface area (Å²) in [7, 11) is 0. The van der Waals surface area contributed by atoms with Crippen LogP contribution in [0.3, 0.4) is 0 Å². The van der Waals surface area contributed by atoms with Crippen molar-refractivity contribution < 1.29 is 38.1 Å². The first-order valence-electron chi connectivity index (χ1n) is 11.7. The Morgan fingerprint density at radius 3 is 2.19 bits per heavy atom. The lowest BCUT2D eigenvalue weighted by atomic mass is 9.97. The minimum Gasteiger partial charge on any atom is -0.463 e. The highest BCUT2D eigenvalue weighted by Gasteiger charge is 2.51. The van der Waals surface area contributed by atoms with Gasteiger partial charge in [-0.15, -0.1) is 10.2 Å². The smallest absolute Gasteiger partial charge is 0.303 e. The lowest BCUT2D eigenvalue weighted by molar-refractivity contribution is -0.211. The van der Waals surface area contributed by atoms with E-state index in [1.54, 1.807) is 0 Å². The van der Waals surface area contributed by atoms with Crippen LogP contribution in [0.2, 0.25) is 0 Å². The molecule has 2 heterocycles. The highest BCUT2D eigenvalue weighted by molar-refractivity contribution is 7.99. The summed E-state index contributed by atoms with van der Waals surface area (Å²) in [6.07, 6.45) is -3.28. The maximum Gasteiger partial charge on any atom is 0.303 e. The van der Waals surface area contributed by atoms with E-state index in [0.717, 1.165) is 17.3 Å². The third kappa shape index (κ3) is 7.29. The second kappa shape index (κ2) is 12.7. The molecular weight excluding hydrogens is 504 g/mol. The molecular formula is C24H30N4O8S. The molecule has 1 aromatic carbocycles. The summed E-state index contributed by atoms with van der Waals surface area (Å²) in [5.41, 5.74) is -0.00846. The average molecular weight is 535 g/mol. The number of aromatic nitrogens is 3. The Morgan fingerprint density at radius 1 is 0.973 bits per heavy atom. The van der Waals surface area contributed by atoms with E-state index in [9.17, 15) is 19.2 Å². The van der Waals surface area contributed by atoms with Crippen LogP contribution >= 0.6 is 11.8 Å². The summed E-state index contributed by atoms with van der Waals surface area (Å²) in [6.45, 7) is 7.14. The maximum absolute atomic E-state index is 12.2.